The lowest BCUT2D eigenvalue weighted by Gasteiger charge is -2.12. The predicted octanol–water partition coefficient (Wildman–Crippen LogP) is 4.39. The zero-order valence-corrected chi connectivity index (χ0v) is 16.6. The van der Waals surface area contributed by atoms with E-state index in [1.165, 1.54) is 0 Å². The van der Waals surface area contributed by atoms with Crippen LogP contribution in [0.25, 0.3) is 0 Å². The first kappa shape index (κ1) is 19.5. The maximum Gasteiger partial charge on any atom is 0.256 e. The third-order valence-electron chi connectivity index (χ3n) is 4.81. The van der Waals surface area contributed by atoms with Crippen LogP contribution in [0.15, 0.2) is 60.8 Å². The Morgan fingerprint density at radius 1 is 1.21 bits per heavy atom. The van der Waals surface area contributed by atoms with Crippen LogP contribution < -0.4 is 10.1 Å². The summed E-state index contributed by atoms with van der Waals surface area (Å²) in [6.45, 7) is 1.81. The van der Waals surface area contributed by atoms with Crippen molar-refractivity contribution in [1.29, 1.82) is 0 Å². The molecule has 0 spiro atoms. The number of halogens is 1. The third kappa shape index (κ3) is 4.96. The maximum absolute atomic E-state index is 12.6. The molecule has 0 radical (unpaired) electrons. The average molecular weight is 412 g/mol. The number of ether oxygens (including phenoxy) is 2. The van der Waals surface area contributed by atoms with Gasteiger partial charge in [-0.1, -0.05) is 29.8 Å². The molecule has 0 saturated carbocycles. The van der Waals surface area contributed by atoms with Gasteiger partial charge in [0.2, 0.25) is 0 Å². The van der Waals surface area contributed by atoms with E-state index in [2.05, 4.69) is 10.4 Å². The number of benzene rings is 2. The van der Waals surface area contributed by atoms with Gasteiger partial charge in [-0.3, -0.25) is 4.79 Å². The van der Waals surface area contributed by atoms with Gasteiger partial charge in [0.1, 0.15) is 18.2 Å². The van der Waals surface area contributed by atoms with Crippen molar-refractivity contribution in [3.63, 3.8) is 0 Å². The molecule has 29 heavy (non-hydrogen) atoms. The first-order chi connectivity index (χ1) is 14.2. The largest absolute Gasteiger partial charge is 0.491 e. The van der Waals surface area contributed by atoms with Crippen LogP contribution >= 0.6 is 11.6 Å². The number of aromatic nitrogens is 2. The van der Waals surface area contributed by atoms with Crippen LogP contribution in [0.5, 0.6) is 5.75 Å². The van der Waals surface area contributed by atoms with Crippen molar-refractivity contribution in [3.05, 3.63) is 76.9 Å². The summed E-state index contributed by atoms with van der Waals surface area (Å²) in [5, 5.41) is 7.85. The highest BCUT2D eigenvalue weighted by atomic mass is 35.5. The fraction of sp³-hybridized carbons (Fsp3) is 0.273. The molecule has 6 nitrogen and oxygen atoms in total. The highest BCUT2D eigenvalue weighted by molar-refractivity contribution is 6.31. The Kier molecular flexibility index (Phi) is 6.12. The topological polar surface area (TPSA) is 65.4 Å². The third-order valence-corrected chi connectivity index (χ3v) is 5.18. The van der Waals surface area contributed by atoms with Crippen molar-refractivity contribution in [2.45, 2.75) is 25.5 Å². The van der Waals surface area contributed by atoms with E-state index in [1.807, 2.05) is 24.3 Å². The molecule has 1 aliphatic rings. The van der Waals surface area contributed by atoms with Crippen molar-refractivity contribution in [2.24, 2.45) is 0 Å². The molecule has 1 fully saturated rings. The van der Waals surface area contributed by atoms with Gasteiger partial charge < -0.3 is 14.8 Å². The Morgan fingerprint density at radius 2 is 2.03 bits per heavy atom. The van der Waals surface area contributed by atoms with Crippen LogP contribution in [0.3, 0.4) is 0 Å². The summed E-state index contributed by atoms with van der Waals surface area (Å²) in [7, 11) is 0. The molecule has 1 aliphatic heterocycles. The zero-order chi connectivity index (χ0) is 20.1. The fourth-order valence-electron chi connectivity index (χ4n) is 3.21. The molecule has 1 aromatic heterocycles. The smallest absolute Gasteiger partial charge is 0.256 e. The number of carbonyl (C=O) groups excluding carboxylic acids is 1. The first-order valence-corrected chi connectivity index (χ1v) is 9.98. The van der Waals surface area contributed by atoms with Gasteiger partial charge in [-0.2, -0.15) is 5.10 Å². The second-order valence-electron chi connectivity index (χ2n) is 6.89. The minimum Gasteiger partial charge on any atom is -0.491 e. The summed E-state index contributed by atoms with van der Waals surface area (Å²) in [6.07, 6.45) is 3.92. The maximum atomic E-state index is 12.6. The van der Waals surface area contributed by atoms with Crippen LogP contribution in [0.4, 0.5) is 5.82 Å². The number of amides is 1. The summed E-state index contributed by atoms with van der Waals surface area (Å²) in [4.78, 5) is 12.6. The van der Waals surface area contributed by atoms with Crippen molar-refractivity contribution < 1.29 is 14.3 Å². The van der Waals surface area contributed by atoms with E-state index >= 15 is 0 Å². The molecule has 0 unspecified atom stereocenters. The summed E-state index contributed by atoms with van der Waals surface area (Å²) < 4.78 is 13.0. The minimum absolute atomic E-state index is 0.163. The van der Waals surface area contributed by atoms with E-state index < -0.39 is 0 Å². The predicted molar refractivity (Wildman–Crippen MR) is 112 cm³/mol. The van der Waals surface area contributed by atoms with Gasteiger partial charge in [-0.05, 0) is 48.7 Å². The van der Waals surface area contributed by atoms with Crippen molar-refractivity contribution in [1.82, 2.24) is 9.78 Å². The highest BCUT2D eigenvalue weighted by Gasteiger charge is 2.16. The number of nitrogens with zero attached hydrogens (tertiary/aromatic N) is 2. The monoisotopic (exact) mass is 411 g/mol. The quantitative estimate of drug-likeness (QED) is 0.626. The van der Waals surface area contributed by atoms with Gasteiger partial charge in [0.25, 0.3) is 5.91 Å². The number of hydrogen-bond acceptors (Lipinski definition) is 4. The van der Waals surface area contributed by atoms with Crippen molar-refractivity contribution in [3.8, 4) is 5.75 Å². The van der Waals surface area contributed by atoms with Crippen molar-refractivity contribution in [2.75, 3.05) is 18.5 Å². The van der Waals surface area contributed by atoms with Crippen LogP contribution in [0.2, 0.25) is 5.02 Å². The molecule has 1 atom stereocenters. The standard InChI is InChI=1S/C22H22ClN3O3/c23-20-6-2-1-4-17(20)14-26-21(11-12-24-26)25-22(27)16-7-9-18(10-8-16)29-15-19-5-3-13-28-19/h1-2,4,6-12,19H,3,5,13-15H2,(H,25,27)/t19-/m1/s1. The Hall–Kier alpha value is -2.83. The Balaban J connectivity index is 1.37. The minimum atomic E-state index is -0.211. The molecule has 1 N–H and O–H groups in total. The van der Waals surface area contributed by atoms with Crippen LogP contribution in [0.1, 0.15) is 28.8 Å². The van der Waals surface area contributed by atoms with Crippen LogP contribution in [0, 0.1) is 0 Å². The van der Waals surface area contributed by atoms with E-state index in [9.17, 15) is 4.79 Å². The van der Waals surface area contributed by atoms with E-state index in [1.54, 1.807) is 41.2 Å². The SMILES string of the molecule is O=C(Nc1ccnn1Cc1ccccc1Cl)c1ccc(OC[C@H]2CCCO2)cc1. The summed E-state index contributed by atoms with van der Waals surface area (Å²) in [5.41, 5.74) is 1.47. The number of rotatable bonds is 7. The molecule has 7 heteroatoms. The van der Waals surface area contributed by atoms with Crippen LogP contribution in [-0.4, -0.2) is 35.0 Å². The molecular formula is C22H22ClN3O3. The molecule has 1 saturated heterocycles. The van der Waals surface area contributed by atoms with E-state index in [-0.39, 0.29) is 12.0 Å². The number of anilines is 1. The summed E-state index contributed by atoms with van der Waals surface area (Å²) in [5.74, 6) is 1.12. The molecule has 150 valence electrons. The lowest BCUT2D eigenvalue weighted by Crippen LogP contribution is -2.17. The Bertz CT molecular complexity index is 965. The lowest BCUT2D eigenvalue weighted by molar-refractivity contribution is 0.0679. The molecule has 0 aliphatic carbocycles. The van der Waals surface area contributed by atoms with Gasteiger partial charge in [0.15, 0.2) is 0 Å². The molecule has 4 rings (SSSR count). The zero-order valence-electron chi connectivity index (χ0n) is 15.9. The molecule has 2 aromatic carbocycles. The van der Waals surface area contributed by atoms with E-state index in [0.717, 1.165) is 30.8 Å². The average Bonchev–Trinajstić information content (AvgIpc) is 3.41. The Labute approximate surface area is 174 Å². The summed E-state index contributed by atoms with van der Waals surface area (Å²) in [6, 6.07) is 16.4. The van der Waals surface area contributed by atoms with Gasteiger partial charge in [-0.15, -0.1) is 0 Å². The van der Waals surface area contributed by atoms with Gasteiger partial charge in [0.05, 0.1) is 18.8 Å². The van der Waals surface area contributed by atoms with E-state index in [4.69, 9.17) is 21.1 Å². The molecule has 2 heterocycles. The molecule has 3 aromatic rings. The molecular weight excluding hydrogens is 390 g/mol. The first-order valence-electron chi connectivity index (χ1n) is 9.60. The lowest BCUT2D eigenvalue weighted by atomic mass is 10.2. The highest BCUT2D eigenvalue weighted by Crippen LogP contribution is 2.20. The Morgan fingerprint density at radius 3 is 2.79 bits per heavy atom. The molecule has 0 bridgehead atoms. The summed E-state index contributed by atoms with van der Waals surface area (Å²) >= 11 is 6.23. The number of hydrogen-bond donors (Lipinski definition) is 1. The number of carbonyl (C=O) groups is 1. The van der Waals surface area contributed by atoms with E-state index in [0.29, 0.717) is 29.6 Å². The second-order valence-corrected chi connectivity index (χ2v) is 7.30. The fourth-order valence-corrected chi connectivity index (χ4v) is 3.40. The number of nitrogens with one attached hydrogen (secondary N) is 1. The normalized spacial score (nSPS) is 16.0. The second kappa shape index (κ2) is 9.11. The molecule has 1 amide bonds. The van der Waals surface area contributed by atoms with Gasteiger partial charge >= 0.3 is 0 Å². The van der Waals surface area contributed by atoms with Crippen LogP contribution in [-0.2, 0) is 11.3 Å². The van der Waals surface area contributed by atoms with Gasteiger partial charge in [0, 0.05) is 23.3 Å². The van der Waals surface area contributed by atoms with Gasteiger partial charge in [-0.25, -0.2) is 4.68 Å². The van der Waals surface area contributed by atoms with Crippen molar-refractivity contribution >= 4 is 23.3 Å².